The predicted molar refractivity (Wildman–Crippen MR) is 175 cm³/mol. The first kappa shape index (κ1) is 41.3. The molecule has 1 fully saturated rings. The van der Waals surface area contributed by atoms with E-state index >= 15 is 0 Å². The second-order valence-corrected chi connectivity index (χ2v) is 11.7. The van der Waals surface area contributed by atoms with E-state index in [1.54, 1.807) is 0 Å². The number of halogens is 9. The molecule has 0 saturated heterocycles. The summed E-state index contributed by atoms with van der Waals surface area (Å²) in [6.07, 6.45) is -8.09. The molecule has 1 saturated carbocycles. The van der Waals surface area contributed by atoms with Crippen LogP contribution in [0, 0.1) is 11.6 Å². The molecular formula is C35H27BrF8O10. The third-order valence-corrected chi connectivity index (χ3v) is 7.73. The summed E-state index contributed by atoms with van der Waals surface area (Å²) < 4.78 is 140. The molecule has 0 atom stereocenters. The quantitative estimate of drug-likeness (QED) is 0.107. The fourth-order valence-corrected chi connectivity index (χ4v) is 4.93. The Morgan fingerprint density at radius 1 is 0.593 bits per heavy atom. The Hall–Kier alpha value is -5.46. The maximum atomic E-state index is 14.3. The number of carbonyl (C=O) groups is 2. The molecule has 1 aliphatic carbocycles. The van der Waals surface area contributed by atoms with Gasteiger partial charge in [0.25, 0.3) is 0 Å². The number of carbonyl (C=O) groups excluding carboxylic acids is 2. The number of rotatable bonds is 11. The largest absolute Gasteiger partial charge is 0.573 e. The number of hydrogen-bond donors (Lipinski definition) is 0. The number of hydrogen-bond acceptors (Lipinski definition) is 10. The highest BCUT2D eigenvalue weighted by molar-refractivity contribution is 9.10. The maximum Gasteiger partial charge on any atom is 0.573 e. The van der Waals surface area contributed by atoms with Crippen LogP contribution in [0.15, 0.2) is 65.1 Å². The number of methoxy groups -OCH3 is 4. The molecule has 0 heterocycles. The summed E-state index contributed by atoms with van der Waals surface area (Å²) in [6.45, 7) is 0. The molecule has 290 valence electrons. The lowest BCUT2D eigenvalue weighted by atomic mass is 10.1. The molecule has 0 bridgehead atoms. The molecular weight excluding hydrogens is 812 g/mol. The van der Waals surface area contributed by atoms with Crippen LogP contribution in [0.1, 0.15) is 45.0 Å². The lowest BCUT2D eigenvalue weighted by Crippen LogP contribution is -2.17. The SMILES string of the molecule is COC(=O)c1cc(F)c(Br)cc1Oc1ccc(OC(F)(F)F)cc1OC.COC(=O)c1cc(F)c(C2CC2)cc1Oc1ccc(OC(F)(F)F)cc1OC. The van der Waals surface area contributed by atoms with Crippen molar-refractivity contribution in [3.63, 3.8) is 0 Å². The minimum Gasteiger partial charge on any atom is -0.493 e. The summed E-state index contributed by atoms with van der Waals surface area (Å²) in [5.41, 5.74) is 0.0339. The van der Waals surface area contributed by atoms with Crippen LogP contribution in [0.3, 0.4) is 0 Å². The Bertz CT molecular complexity index is 2000. The van der Waals surface area contributed by atoms with Crippen LogP contribution in [0.25, 0.3) is 0 Å². The van der Waals surface area contributed by atoms with Gasteiger partial charge in [-0.2, -0.15) is 0 Å². The third kappa shape index (κ3) is 11.0. The van der Waals surface area contributed by atoms with Gasteiger partial charge in [-0.3, -0.25) is 0 Å². The molecule has 54 heavy (non-hydrogen) atoms. The standard InChI is InChI=1S/C19H16F4O5.C16H11BrF4O5/c1-25-17-7-11(28-19(21,22)23)5-6-15(17)27-16-9-12(10-3-4-10)14(20)8-13(16)18(24)26-2;1-23-14-5-8(26-16(19,20)21)3-4-12(14)25-13-7-10(17)11(18)6-9(13)15(22)24-2/h5-10H,3-4H2,1-2H3;3-7H,1-2H3. The normalized spacial score (nSPS) is 12.5. The van der Waals surface area contributed by atoms with E-state index < -0.39 is 47.8 Å². The topological polar surface area (TPSA) is 108 Å². The van der Waals surface area contributed by atoms with Gasteiger partial charge in [-0.25, -0.2) is 18.4 Å². The van der Waals surface area contributed by atoms with Crippen LogP contribution in [-0.4, -0.2) is 53.1 Å². The van der Waals surface area contributed by atoms with Crippen molar-refractivity contribution in [1.82, 2.24) is 0 Å². The molecule has 0 amide bonds. The lowest BCUT2D eigenvalue weighted by Gasteiger charge is -2.16. The Kier molecular flexibility index (Phi) is 13.1. The number of benzene rings is 4. The van der Waals surface area contributed by atoms with Crippen molar-refractivity contribution in [2.75, 3.05) is 28.4 Å². The summed E-state index contributed by atoms with van der Waals surface area (Å²) in [4.78, 5) is 23.8. The minimum absolute atomic E-state index is 0.0103. The summed E-state index contributed by atoms with van der Waals surface area (Å²) in [5, 5.41) is 0. The van der Waals surface area contributed by atoms with Crippen LogP contribution in [-0.2, 0) is 9.47 Å². The Labute approximate surface area is 309 Å². The highest BCUT2D eigenvalue weighted by Gasteiger charge is 2.33. The van der Waals surface area contributed by atoms with E-state index in [-0.39, 0.29) is 56.0 Å². The van der Waals surface area contributed by atoms with Gasteiger partial charge in [-0.15, -0.1) is 26.3 Å². The van der Waals surface area contributed by atoms with E-state index in [0.29, 0.717) is 5.56 Å². The molecule has 10 nitrogen and oxygen atoms in total. The van der Waals surface area contributed by atoms with Crippen molar-refractivity contribution in [3.05, 3.63) is 93.5 Å². The van der Waals surface area contributed by atoms with Crippen LogP contribution >= 0.6 is 15.9 Å². The Morgan fingerprint density at radius 3 is 1.41 bits per heavy atom. The highest BCUT2D eigenvalue weighted by atomic mass is 79.9. The smallest absolute Gasteiger partial charge is 0.493 e. The summed E-state index contributed by atoms with van der Waals surface area (Å²) in [7, 11) is 4.70. The molecule has 0 radical (unpaired) electrons. The number of ether oxygens (including phenoxy) is 8. The van der Waals surface area contributed by atoms with Crippen LogP contribution in [0.2, 0.25) is 0 Å². The van der Waals surface area contributed by atoms with E-state index in [4.69, 9.17) is 18.9 Å². The minimum atomic E-state index is -4.87. The average Bonchev–Trinajstić information content (AvgIpc) is 3.95. The van der Waals surface area contributed by atoms with Crippen LogP contribution < -0.4 is 28.4 Å². The van der Waals surface area contributed by atoms with Crippen molar-refractivity contribution in [3.8, 4) is 46.0 Å². The molecule has 0 aromatic heterocycles. The van der Waals surface area contributed by atoms with Gasteiger partial charge in [-0.05, 0) is 88.8 Å². The third-order valence-electron chi connectivity index (χ3n) is 7.13. The first-order valence-corrected chi connectivity index (χ1v) is 15.9. The van der Waals surface area contributed by atoms with Crippen LogP contribution in [0.5, 0.6) is 46.0 Å². The summed E-state index contributed by atoms with van der Waals surface area (Å²) in [6, 6.07) is 10.8. The molecule has 0 unspecified atom stereocenters. The van der Waals surface area contributed by atoms with E-state index in [2.05, 4.69) is 34.9 Å². The van der Waals surface area contributed by atoms with Gasteiger partial charge in [0.05, 0.1) is 32.9 Å². The van der Waals surface area contributed by atoms with Crippen molar-refractivity contribution in [2.45, 2.75) is 31.5 Å². The Balaban J connectivity index is 0.000000241. The molecule has 0 aliphatic heterocycles. The van der Waals surface area contributed by atoms with E-state index in [0.717, 1.165) is 69.5 Å². The maximum absolute atomic E-state index is 14.3. The fourth-order valence-electron chi connectivity index (χ4n) is 4.61. The van der Waals surface area contributed by atoms with Gasteiger partial charge >= 0.3 is 24.7 Å². The zero-order valence-corrected chi connectivity index (χ0v) is 29.8. The number of alkyl halides is 6. The van der Waals surface area contributed by atoms with Gasteiger partial charge in [-0.1, -0.05) is 0 Å². The number of esters is 2. The van der Waals surface area contributed by atoms with Gasteiger partial charge < -0.3 is 37.9 Å². The summed E-state index contributed by atoms with van der Waals surface area (Å²) in [5.74, 6) is -4.15. The zero-order valence-electron chi connectivity index (χ0n) is 28.2. The molecule has 0 spiro atoms. The monoisotopic (exact) mass is 838 g/mol. The zero-order chi connectivity index (χ0) is 40.0. The molecule has 4 aromatic carbocycles. The van der Waals surface area contributed by atoms with E-state index in [9.17, 15) is 44.7 Å². The van der Waals surface area contributed by atoms with Gasteiger partial charge in [0.1, 0.15) is 45.8 Å². The molecule has 0 N–H and O–H groups in total. The molecule has 1 aliphatic rings. The van der Waals surface area contributed by atoms with Crippen molar-refractivity contribution in [2.24, 2.45) is 0 Å². The van der Waals surface area contributed by atoms with Gasteiger partial charge in [0.2, 0.25) is 0 Å². The van der Waals surface area contributed by atoms with Crippen molar-refractivity contribution < 1.29 is 82.6 Å². The lowest BCUT2D eigenvalue weighted by molar-refractivity contribution is -0.275. The van der Waals surface area contributed by atoms with E-state index in [1.807, 2.05) is 0 Å². The van der Waals surface area contributed by atoms with Gasteiger partial charge in [0.15, 0.2) is 23.0 Å². The second kappa shape index (κ2) is 17.1. The predicted octanol–water partition coefficient (Wildman–Crippen LogP) is 10.3. The Morgan fingerprint density at radius 2 is 1.02 bits per heavy atom. The first-order valence-electron chi connectivity index (χ1n) is 15.1. The molecule has 5 rings (SSSR count). The second-order valence-electron chi connectivity index (χ2n) is 10.8. The highest BCUT2D eigenvalue weighted by Crippen LogP contribution is 2.45. The molecule has 4 aromatic rings. The summed E-state index contributed by atoms with van der Waals surface area (Å²) >= 11 is 2.96. The fraction of sp³-hybridized carbons (Fsp3) is 0.257. The van der Waals surface area contributed by atoms with Gasteiger partial charge in [0, 0.05) is 12.1 Å². The van der Waals surface area contributed by atoms with Crippen molar-refractivity contribution >= 4 is 27.9 Å². The first-order chi connectivity index (χ1) is 25.4. The van der Waals surface area contributed by atoms with Crippen LogP contribution in [0.4, 0.5) is 35.1 Å². The molecule has 19 heteroatoms. The average molecular weight is 839 g/mol. The van der Waals surface area contributed by atoms with Crippen molar-refractivity contribution in [1.29, 1.82) is 0 Å². The van der Waals surface area contributed by atoms with E-state index in [1.165, 1.54) is 32.4 Å².